The van der Waals surface area contributed by atoms with Gasteiger partial charge in [-0.2, -0.15) is 0 Å². The quantitative estimate of drug-likeness (QED) is 0.845. The maximum Gasteiger partial charge on any atom is 0.244 e. The van der Waals surface area contributed by atoms with Gasteiger partial charge in [0.25, 0.3) is 0 Å². The molecule has 3 heterocycles. The predicted molar refractivity (Wildman–Crippen MR) is 97.4 cm³/mol. The molecular weight excluding hydrogens is 312 g/mol. The van der Waals surface area contributed by atoms with E-state index in [-0.39, 0.29) is 18.0 Å². The number of para-hydroxylation sites is 1. The highest BCUT2D eigenvalue weighted by Crippen LogP contribution is 2.33. The molecule has 0 aliphatic carbocycles. The number of aryl methyl sites for hydroxylation is 1. The van der Waals surface area contributed by atoms with Crippen molar-refractivity contribution in [3.63, 3.8) is 0 Å². The van der Waals surface area contributed by atoms with Crippen molar-refractivity contribution in [2.45, 2.75) is 52.2 Å². The van der Waals surface area contributed by atoms with Crippen molar-refractivity contribution in [3.05, 3.63) is 53.1 Å². The SMILES string of the molecule is Cc1ncc2c(n1)CN([C@@H](C)C(=O)N1c3ccccc3C[C@@H]1C)CC2. The second kappa shape index (κ2) is 6.23. The van der Waals surface area contributed by atoms with E-state index in [1.807, 2.05) is 37.1 Å². The molecule has 0 N–H and O–H groups in total. The molecule has 0 saturated carbocycles. The minimum Gasteiger partial charge on any atom is -0.308 e. The fourth-order valence-electron chi connectivity index (χ4n) is 4.01. The van der Waals surface area contributed by atoms with Gasteiger partial charge < -0.3 is 4.90 Å². The van der Waals surface area contributed by atoms with E-state index in [1.165, 1.54) is 11.1 Å². The number of rotatable bonds is 2. The maximum absolute atomic E-state index is 13.2. The Morgan fingerprint density at radius 3 is 2.92 bits per heavy atom. The fourth-order valence-corrected chi connectivity index (χ4v) is 4.01. The van der Waals surface area contributed by atoms with E-state index in [0.29, 0.717) is 0 Å². The van der Waals surface area contributed by atoms with Crippen LogP contribution in [-0.2, 0) is 24.2 Å². The van der Waals surface area contributed by atoms with E-state index in [9.17, 15) is 4.79 Å². The number of anilines is 1. The first kappa shape index (κ1) is 16.2. The molecule has 25 heavy (non-hydrogen) atoms. The Kier molecular flexibility index (Phi) is 4.04. The fraction of sp³-hybridized carbons (Fsp3) is 0.450. The zero-order chi connectivity index (χ0) is 17.6. The van der Waals surface area contributed by atoms with Crippen LogP contribution in [0.1, 0.15) is 36.5 Å². The van der Waals surface area contributed by atoms with E-state index in [2.05, 4.69) is 33.9 Å². The molecule has 2 aromatic rings. The van der Waals surface area contributed by atoms with Gasteiger partial charge in [0.15, 0.2) is 0 Å². The molecule has 1 aromatic carbocycles. The number of amides is 1. The number of fused-ring (bicyclic) bond motifs is 2. The summed E-state index contributed by atoms with van der Waals surface area (Å²) in [6, 6.07) is 8.31. The third-order valence-corrected chi connectivity index (χ3v) is 5.45. The van der Waals surface area contributed by atoms with Crippen LogP contribution < -0.4 is 4.90 Å². The minimum absolute atomic E-state index is 0.156. The monoisotopic (exact) mass is 336 g/mol. The molecule has 0 bridgehead atoms. The minimum atomic E-state index is -0.156. The molecule has 0 radical (unpaired) electrons. The van der Waals surface area contributed by atoms with Crippen LogP contribution in [0.3, 0.4) is 0 Å². The molecule has 0 fully saturated rings. The Labute approximate surface area is 148 Å². The Bertz CT molecular complexity index is 819. The van der Waals surface area contributed by atoms with Crippen molar-refractivity contribution in [1.29, 1.82) is 0 Å². The lowest BCUT2D eigenvalue weighted by Crippen LogP contribution is -2.50. The first-order chi connectivity index (χ1) is 12.0. The molecule has 5 nitrogen and oxygen atoms in total. The number of carbonyl (C=O) groups is 1. The summed E-state index contributed by atoms with van der Waals surface area (Å²) < 4.78 is 0. The highest BCUT2D eigenvalue weighted by molar-refractivity contribution is 5.99. The molecule has 5 heteroatoms. The summed E-state index contributed by atoms with van der Waals surface area (Å²) in [7, 11) is 0. The average Bonchev–Trinajstić information content (AvgIpc) is 2.95. The van der Waals surface area contributed by atoms with Crippen LogP contribution in [0.2, 0.25) is 0 Å². The summed E-state index contributed by atoms with van der Waals surface area (Å²) in [5.74, 6) is 0.980. The van der Waals surface area contributed by atoms with E-state index in [1.54, 1.807) is 0 Å². The van der Waals surface area contributed by atoms with Gasteiger partial charge in [0.2, 0.25) is 5.91 Å². The van der Waals surface area contributed by atoms with Crippen LogP contribution in [0.15, 0.2) is 30.5 Å². The van der Waals surface area contributed by atoms with Gasteiger partial charge >= 0.3 is 0 Å². The van der Waals surface area contributed by atoms with Crippen molar-refractivity contribution in [2.24, 2.45) is 0 Å². The van der Waals surface area contributed by atoms with Gasteiger partial charge in [-0.3, -0.25) is 9.69 Å². The molecule has 130 valence electrons. The first-order valence-corrected chi connectivity index (χ1v) is 9.01. The van der Waals surface area contributed by atoms with E-state index < -0.39 is 0 Å². The molecule has 1 aromatic heterocycles. The van der Waals surface area contributed by atoms with Crippen LogP contribution in [0.5, 0.6) is 0 Å². The van der Waals surface area contributed by atoms with Gasteiger partial charge in [-0.1, -0.05) is 18.2 Å². The highest BCUT2D eigenvalue weighted by atomic mass is 16.2. The van der Waals surface area contributed by atoms with Crippen molar-refractivity contribution in [3.8, 4) is 0 Å². The second-order valence-electron chi connectivity index (χ2n) is 7.18. The Balaban J connectivity index is 1.55. The molecular formula is C20H24N4O. The van der Waals surface area contributed by atoms with Gasteiger partial charge in [-0.25, -0.2) is 9.97 Å². The standard InChI is InChI=1S/C20H24N4O/c1-13-10-16-6-4-5-7-19(16)24(13)20(25)14(2)23-9-8-17-11-21-15(3)22-18(17)12-23/h4-7,11,13-14H,8-10,12H2,1-3H3/t13-,14-/m0/s1. The van der Waals surface area contributed by atoms with Crippen LogP contribution in [-0.4, -0.2) is 39.4 Å². The highest BCUT2D eigenvalue weighted by Gasteiger charge is 2.36. The predicted octanol–water partition coefficient (Wildman–Crippen LogP) is 2.51. The van der Waals surface area contributed by atoms with Gasteiger partial charge in [-0.05, 0) is 50.8 Å². The molecule has 2 atom stereocenters. The largest absolute Gasteiger partial charge is 0.308 e. The van der Waals surface area contributed by atoms with E-state index >= 15 is 0 Å². The average molecular weight is 336 g/mol. The Morgan fingerprint density at radius 2 is 2.08 bits per heavy atom. The number of hydrogen-bond donors (Lipinski definition) is 0. The lowest BCUT2D eigenvalue weighted by Gasteiger charge is -2.35. The van der Waals surface area contributed by atoms with Crippen LogP contribution in [0.4, 0.5) is 5.69 Å². The summed E-state index contributed by atoms with van der Waals surface area (Å²) in [5, 5.41) is 0. The van der Waals surface area contributed by atoms with Crippen molar-refractivity contribution in [1.82, 2.24) is 14.9 Å². The molecule has 0 unspecified atom stereocenters. The maximum atomic E-state index is 13.2. The van der Waals surface area contributed by atoms with Crippen LogP contribution in [0, 0.1) is 6.92 Å². The van der Waals surface area contributed by atoms with E-state index in [0.717, 1.165) is 43.1 Å². The summed E-state index contributed by atoms with van der Waals surface area (Å²) in [6.45, 7) is 7.66. The summed E-state index contributed by atoms with van der Waals surface area (Å²) in [5.41, 5.74) is 4.61. The number of nitrogens with zero attached hydrogens (tertiary/aromatic N) is 4. The summed E-state index contributed by atoms with van der Waals surface area (Å²) in [6.07, 6.45) is 3.77. The van der Waals surface area contributed by atoms with Crippen LogP contribution in [0.25, 0.3) is 0 Å². The van der Waals surface area contributed by atoms with Gasteiger partial charge in [0.1, 0.15) is 5.82 Å². The Hall–Kier alpha value is -2.27. The zero-order valence-electron chi connectivity index (χ0n) is 15.1. The lowest BCUT2D eigenvalue weighted by molar-refractivity contribution is -0.123. The molecule has 4 rings (SSSR count). The number of carbonyl (C=O) groups excluding carboxylic acids is 1. The first-order valence-electron chi connectivity index (χ1n) is 9.01. The lowest BCUT2D eigenvalue weighted by atomic mass is 10.0. The van der Waals surface area contributed by atoms with Gasteiger partial charge in [-0.15, -0.1) is 0 Å². The molecule has 2 aliphatic heterocycles. The number of aromatic nitrogens is 2. The topological polar surface area (TPSA) is 49.3 Å². The number of benzene rings is 1. The molecule has 2 aliphatic rings. The normalized spacial score (nSPS) is 20.9. The number of hydrogen-bond acceptors (Lipinski definition) is 4. The zero-order valence-corrected chi connectivity index (χ0v) is 15.1. The van der Waals surface area contributed by atoms with Gasteiger partial charge in [0.05, 0.1) is 11.7 Å². The Morgan fingerprint density at radius 1 is 1.28 bits per heavy atom. The summed E-state index contributed by atoms with van der Waals surface area (Å²) in [4.78, 5) is 26.3. The summed E-state index contributed by atoms with van der Waals surface area (Å²) >= 11 is 0. The third kappa shape index (κ3) is 2.82. The van der Waals surface area contributed by atoms with Crippen molar-refractivity contribution < 1.29 is 4.79 Å². The van der Waals surface area contributed by atoms with Gasteiger partial charge in [0, 0.05) is 31.0 Å². The molecule has 0 saturated heterocycles. The smallest absolute Gasteiger partial charge is 0.244 e. The van der Waals surface area contributed by atoms with Crippen molar-refractivity contribution in [2.75, 3.05) is 11.4 Å². The second-order valence-corrected chi connectivity index (χ2v) is 7.18. The van der Waals surface area contributed by atoms with Crippen molar-refractivity contribution >= 4 is 11.6 Å². The molecule has 0 spiro atoms. The van der Waals surface area contributed by atoms with Crippen LogP contribution >= 0.6 is 0 Å². The van der Waals surface area contributed by atoms with E-state index in [4.69, 9.17) is 0 Å². The third-order valence-electron chi connectivity index (χ3n) is 5.45. The molecule has 1 amide bonds.